The van der Waals surface area contributed by atoms with Gasteiger partial charge in [0.25, 0.3) is 5.91 Å². The van der Waals surface area contributed by atoms with E-state index in [4.69, 9.17) is 4.42 Å². The molecule has 0 fully saturated rings. The van der Waals surface area contributed by atoms with Gasteiger partial charge in [-0.15, -0.1) is 11.8 Å². The first kappa shape index (κ1) is 18.2. The van der Waals surface area contributed by atoms with Crippen molar-refractivity contribution in [2.45, 2.75) is 17.9 Å². The molecule has 7 nitrogen and oxygen atoms in total. The van der Waals surface area contributed by atoms with Crippen molar-refractivity contribution >= 4 is 29.3 Å². The van der Waals surface area contributed by atoms with Crippen molar-refractivity contribution < 1.29 is 14.0 Å². The lowest BCUT2D eigenvalue weighted by atomic mass is 10.2. The normalized spacial score (nSPS) is 13.3. The third-order valence-corrected chi connectivity index (χ3v) is 5.33. The summed E-state index contributed by atoms with van der Waals surface area (Å²) in [4.78, 5) is 35.7. The molecule has 1 aliphatic heterocycles. The van der Waals surface area contributed by atoms with Gasteiger partial charge >= 0.3 is 0 Å². The van der Waals surface area contributed by atoms with Crippen LogP contribution in [0.4, 0.5) is 5.69 Å². The first-order valence-corrected chi connectivity index (χ1v) is 9.84. The molecule has 8 heteroatoms. The fourth-order valence-corrected chi connectivity index (χ4v) is 3.83. The smallest absolute Gasteiger partial charge is 0.273 e. The monoisotopic (exact) mass is 394 g/mol. The Morgan fingerprint density at radius 1 is 1.21 bits per heavy atom. The standard InChI is InChI=1S/C20H18N4O3S/c25-19-13-28-17-7-2-1-6-16(17)24(19)11-18-23-15(12-27-18)20(26)22-10-8-14-5-3-4-9-21-14/h1-7,9,12H,8,10-11,13H2,(H,22,26). The molecule has 4 rings (SSSR count). The van der Waals surface area contributed by atoms with Crippen LogP contribution in [-0.2, 0) is 17.8 Å². The molecule has 0 unspecified atom stereocenters. The van der Waals surface area contributed by atoms with Crippen LogP contribution < -0.4 is 10.2 Å². The van der Waals surface area contributed by atoms with Crippen LogP contribution in [0, 0.1) is 0 Å². The highest BCUT2D eigenvalue weighted by Crippen LogP contribution is 2.35. The molecule has 3 aromatic rings. The Kier molecular flexibility index (Phi) is 5.38. The third kappa shape index (κ3) is 4.07. The van der Waals surface area contributed by atoms with Crippen molar-refractivity contribution in [1.82, 2.24) is 15.3 Å². The first-order chi connectivity index (χ1) is 13.7. The molecule has 0 aliphatic carbocycles. The number of fused-ring (bicyclic) bond motifs is 1. The van der Waals surface area contributed by atoms with Crippen LogP contribution in [0.3, 0.4) is 0 Å². The van der Waals surface area contributed by atoms with Crippen LogP contribution in [0.2, 0.25) is 0 Å². The SMILES string of the molecule is O=C(NCCc1ccccn1)c1coc(CN2C(=O)CSc3ccccc32)n1. The quantitative estimate of drug-likeness (QED) is 0.692. The van der Waals surface area contributed by atoms with Gasteiger partial charge in [0.05, 0.1) is 11.4 Å². The van der Waals surface area contributed by atoms with Crippen LogP contribution in [0.25, 0.3) is 0 Å². The molecule has 1 aromatic carbocycles. The number of pyridine rings is 1. The minimum absolute atomic E-state index is 0.0109. The fraction of sp³-hybridized carbons (Fsp3) is 0.200. The maximum absolute atomic E-state index is 12.3. The highest BCUT2D eigenvalue weighted by molar-refractivity contribution is 8.00. The summed E-state index contributed by atoms with van der Waals surface area (Å²) in [5, 5.41) is 2.80. The summed E-state index contributed by atoms with van der Waals surface area (Å²) in [5.74, 6) is 0.374. The highest BCUT2D eigenvalue weighted by Gasteiger charge is 2.26. The minimum atomic E-state index is -0.313. The molecule has 0 saturated carbocycles. The lowest BCUT2D eigenvalue weighted by Crippen LogP contribution is -2.34. The van der Waals surface area contributed by atoms with E-state index in [0.717, 1.165) is 16.3 Å². The van der Waals surface area contributed by atoms with Gasteiger partial charge in [0.15, 0.2) is 5.69 Å². The molecule has 3 heterocycles. The summed E-state index contributed by atoms with van der Waals surface area (Å²) >= 11 is 1.52. The van der Waals surface area contributed by atoms with Crippen LogP contribution in [0.15, 0.2) is 64.2 Å². The number of carbonyl (C=O) groups excluding carboxylic acids is 2. The predicted molar refractivity (Wildman–Crippen MR) is 105 cm³/mol. The van der Waals surface area contributed by atoms with Gasteiger partial charge < -0.3 is 14.6 Å². The van der Waals surface area contributed by atoms with Crippen molar-refractivity contribution in [2.75, 3.05) is 17.2 Å². The van der Waals surface area contributed by atoms with Crippen LogP contribution in [-0.4, -0.2) is 34.1 Å². The maximum atomic E-state index is 12.3. The zero-order chi connectivity index (χ0) is 19.3. The number of thioether (sulfide) groups is 1. The Hall–Kier alpha value is -3.13. The molecule has 0 spiro atoms. The molecule has 0 bridgehead atoms. The van der Waals surface area contributed by atoms with Gasteiger partial charge in [-0.3, -0.25) is 14.6 Å². The Morgan fingerprint density at radius 2 is 2.07 bits per heavy atom. The molecular weight excluding hydrogens is 376 g/mol. The van der Waals surface area contributed by atoms with Crippen molar-refractivity contribution in [3.8, 4) is 0 Å². The predicted octanol–water partition coefficient (Wildman–Crippen LogP) is 2.68. The van der Waals surface area contributed by atoms with Gasteiger partial charge in [0.2, 0.25) is 11.8 Å². The van der Waals surface area contributed by atoms with Gasteiger partial charge in [0, 0.05) is 29.8 Å². The number of nitrogens with one attached hydrogen (secondary N) is 1. The van der Waals surface area contributed by atoms with E-state index in [0.29, 0.717) is 24.6 Å². The second kappa shape index (κ2) is 8.26. The number of hydrogen-bond acceptors (Lipinski definition) is 6. The van der Waals surface area contributed by atoms with Crippen LogP contribution >= 0.6 is 11.8 Å². The van der Waals surface area contributed by atoms with E-state index < -0.39 is 0 Å². The number of nitrogens with zero attached hydrogens (tertiary/aromatic N) is 3. The summed E-state index contributed by atoms with van der Waals surface area (Å²) < 4.78 is 5.43. The number of rotatable bonds is 6. The third-order valence-electron chi connectivity index (χ3n) is 4.28. The van der Waals surface area contributed by atoms with Gasteiger partial charge in [-0.1, -0.05) is 18.2 Å². The van der Waals surface area contributed by atoms with Gasteiger partial charge in [-0.2, -0.15) is 0 Å². The van der Waals surface area contributed by atoms with E-state index in [1.54, 1.807) is 11.1 Å². The van der Waals surface area contributed by atoms with Crippen LogP contribution in [0.1, 0.15) is 22.1 Å². The number of aromatic nitrogens is 2. The van der Waals surface area contributed by atoms with Crippen LogP contribution in [0.5, 0.6) is 0 Å². The average molecular weight is 394 g/mol. The van der Waals surface area contributed by atoms with Gasteiger partial charge in [-0.05, 0) is 24.3 Å². The maximum Gasteiger partial charge on any atom is 0.273 e. The Labute approximate surface area is 166 Å². The molecule has 2 aromatic heterocycles. The fourth-order valence-electron chi connectivity index (χ4n) is 2.89. The molecule has 0 atom stereocenters. The number of oxazole rings is 1. The largest absolute Gasteiger partial charge is 0.446 e. The van der Waals surface area contributed by atoms with Crippen molar-refractivity contribution in [3.63, 3.8) is 0 Å². The number of para-hydroxylation sites is 1. The number of hydrogen-bond donors (Lipinski definition) is 1. The summed E-state index contributed by atoms with van der Waals surface area (Å²) in [7, 11) is 0. The molecule has 0 radical (unpaired) electrons. The van der Waals surface area contributed by atoms with E-state index in [-0.39, 0.29) is 24.1 Å². The molecule has 0 saturated heterocycles. The van der Waals surface area contributed by atoms with E-state index in [9.17, 15) is 9.59 Å². The molecular formula is C20H18N4O3S. The second-order valence-corrected chi connectivity index (χ2v) is 7.21. The lowest BCUT2D eigenvalue weighted by molar-refractivity contribution is -0.116. The first-order valence-electron chi connectivity index (χ1n) is 8.85. The zero-order valence-electron chi connectivity index (χ0n) is 15.0. The number of carbonyl (C=O) groups is 2. The summed E-state index contributed by atoms with van der Waals surface area (Å²) in [6, 6.07) is 13.4. The lowest BCUT2D eigenvalue weighted by Gasteiger charge is -2.27. The average Bonchev–Trinajstić information content (AvgIpc) is 3.20. The van der Waals surface area contributed by atoms with E-state index in [2.05, 4.69) is 15.3 Å². The topological polar surface area (TPSA) is 88.3 Å². The summed E-state index contributed by atoms with van der Waals surface area (Å²) in [5.41, 5.74) is 1.94. The Bertz CT molecular complexity index is 990. The number of anilines is 1. The number of amides is 2. The van der Waals surface area contributed by atoms with Crippen molar-refractivity contribution in [2.24, 2.45) is 0 Å². The minimum Gasteiger partial charge on any atom is -0.446 e. The molecule has 142 valence electrons. The van der Waals surface area contributed by atoms with Crippen molar-refractivity contribution in [1.29, 1.82) is 0 Å². The van der Waals surface area contributed by atoms with E-state index >= 15 is 0 Å². The molecule has 1 N–H and O–H groups in total. The molecule has 28 heavy (non-hydrogen) atoms. The van der Waals surface area contributed by atoms with E-state index in [1.165, 1.54) is 18.0 Å². The zero-order valence-corrected chi connectivity index (χ0v) is 15.8. The van der Waals surface area contributed by atoms with Crippen molar-refractivity contribution in [3.05, 3.63) is 72.2 Å². The Morgan fingerprint density at radius 3 is 2.93 bits per heavy atom. The summed E-state index contributed by atoms with van der Waals surface area (Å²) in [6.45, 7) is 0.644. The molecule has 1 aliphatic rings. The van der Waals surface area contributed by atoms with Gasteiger partial charge in [-0.25, -0.2) is 4.98 Å². The van der Waals surface area contributed by atoms with Gasteiger partial charge in [0.1, 0.15) is 12.8 Å². The van der Waals surface area contributed by atoms with E-state index in [1.807, 2.05) is 42.5 Å². The number of benzene rings is 1. The second-order valence-electron chi connectivity index (χ2n) is 6.19. The molecule has 2 amide bonds. The highest BCUT2D eigenvalue weighted by atomic mass is 32.2. The Balaban J connectivity index is 1.38. The summed E-state index contributed by atoms with van der Waals surface area (Å²) in [6.07, 6.45) is 3.67.